The second-order valence-electron chi connectivity index (χ2n) is 5.98. The van der Waals surface area contributed by atoms with Gasteiger partial charge in [-0.2, -0.15) is 0 Å². The van der Waals surface area contributed by atoms with Crippen LogP contribution in [0.5, 0.6) is 0 Å². The molecule has 126 valence electrons. The Morgan fingerprint density at radius 1 is 1.52 bits per heavy atom. The molecule has 0 radical (unpaired) electrons. The SMILES string of the molecule is CN[C@@]1(C(=O)O)c2cc(Cl)c(CN)cc2C[C@@H]1CCCB(O)O. The number of nitrogens with one attached hydrogen (secondary N) is 1. The van der Waals surface area contributed by atoms with Gasteiger partial charge in [0.1, 0.15) is 5.54 Å². The van der Waals surface area contributed by atoms with Gasteiger partial charge in [-0.1, -0.05) is 24.1 Å². The summed E-state index contributed by atoms with van der Waals surface area (Å²) >= 11 is 6.22. The number of likely N-dealkylation sites (N-methyl/N-ethyl adjacent to an activating group) is 1. The maximum atomic E-state index is 12.1. The van der Waals surface area contributed by atoms with Gasteiger partial charge < -0.3 is 26.2 Å². The molecule has 0 unspecified atom stereocenters. The van der Waals surface area contributed by atoms with Crippen molar-refractivity contribution in [3.05, 3.63) is 33.8 Å². The van der Waals surface area contributed by atoms with Crippen molar-refractivity contribution in [2.75, 3.05) is 7.05 Å². The number of carbonyl (C=O) groups is 1. The molecule has 1 aromatic rings. The van der Waals surface area contributed by atoms with Gasteiger partial charge in [0.2, 0.25) is 0 Å². The Bertz CT molecular complexity index is 599. The number of halogens is 1. The smallest absolute Gasteiger partial charge is 0.451 e. The minimum Gasteiger partial charge on any atom is -0.480 e. The molecule has 0 spiro atoms. The zero-order valence-electron chi connectivity index (χ0n) is 13.1. The summed E-state index contributed by atoms with van der Waals surface area (Å²) in [5, 5.41) is 31.3. The Labute approximate surface area is 140 Å². The first-order valence-electron chi connectivity index (χ1n) is 7.67. The van der Waals surface area contributed by atoms with Gasteiger partial charge in [0.15, 0.2) is 0 Å². The molecule has 0 aromatic heterocycles. The fraction of sp³-hybridized carbons (Fsp3) is 0.533. The first-order valence-corrected chi connectivity index (χ1v) is 8.04. The molecule has 0 fully saturated rings. The molecular weight excluding hydrogens is 318 g/mol. The number of benzene rings is 1. The highest BCUT2D eigenvalue weighted by Crippen LogP contribution is 2.45. The fourth-order valence-electron chi connectivity index (χ4n) is 3.60. The zero-order chi connectivity index (χ0) is 17.2. The lowest BCUT2D eigenvalue weighted by molar-refractivity contribution is -0.147. The molecular formula is C15H22BClN2O4. The van der Waals surface area contributed by atoms with Crippen LogP contribution in [-0.4, -0.2) is 35.3 Å². The molecule has 23 heavy (non-hydrogen) atoms. The van der Waals surface area contributed by atoms with E-state index in [0.717, 1.165) is 11.1 Å². The molecule has 2 rings (SSSR count). The Kier molecular flexibility index (Phi) is 5.70. The highest BCUT2D eigenvalue weighted by molar-refractivity contribution is 6.40. The first kappa shape index (κ1) is 18.2. The molecule has 1 aliphatic carbocycles. The van der Waals surface area contributed by atoms with Crippen LogP contribution in [0.3, 0.4) is 0 Å². The van der Waals surface area contributed by atoms with Crippen molar-refractivity contribution in [1.82, 2.24) is 5.32 Å². The van der Waals surface area contributed by atoms with Crippen molar-refractivity contribution in [2.45, 2.75) is 37.7 Å². The van der Waals surface area contributed by atoms with Crippen LogP contribution in [0.2, 0.25) is 11.3 Å². The van der Waals surface area contributed by atoms with Gasteiger partial charge in [-0.3, -0.25) is 0 Å². The van der Waals surface area contributed by atoms with Crippen molar-refractivity contribution in [3.8, 4) is 0 Å². The van der Waals surface area contributed by atoms with Gasteiger partial charge in [0.05, 0.1) is 0 Å². The molecule has 1 aliphatic rings. The van der Waals surface area contributed by atoms with E-state index >= 15 is 0 Å². The van der Waals surface area contributed by atoms with Crippen molar-refractivity contribution in [3.63, 3.8) is 0 Å². The Morgan fingerprint density at radius 3 is 2.74 bits per heavy atom. The summed E-state index contributed by atoms with van der Waals surface area (Å²) in [6, 6.07) is 3.58. The molecule has 0 bridgehead atoms. The lowest BCUT2D eigenvalue weighted by Crippen LogP contribution is -2.51. The summed E-state index contributed by atoms with van der Waals surface area (Å²) in [5.74, 6) is -1.15. The predicted molar refractivity (Wildman–Crippen MR) is 89.1 cm³/mol. The van der Waals surface area contributed by atoms with E-state index in [-0.39, 0.29) is 12.2 Å². The average Bonchev–Trinajstić information content (AvgIpc) is 2.79. The second-order valence-corrected chi connectivity index (χ2v) is 6.39. The van der Waals surface area contributed by atoms with Crippen LogP contribution < -0.4 is 11.1 Å². The van der Waals surface area contributed by atoms with Crippen LogP contribution >= 0.6 is 11.6 Å². The predicted octanol–water partition coefficient (Wildman–Crippen LogP) is 0.723. The minimum absolute atomic E-state index is 0.192. The third-order valence-electron chi connectivity index (χ3n) is 4.74. The number of aliphatic carboxylic acids is 1. The Morgan fingerprint density at radius 2 is 2.22 bits per heavy atom. The standard InChI is InChI=1S/C15H22BClN2O4/c1-19-15(14(20)21)11(3-2-4-16(22)23)6-9-5-10(8-18)13(17)7-12(9)15/h5,7,11,19,22-23H,2-4,6,8,18H2,1H3,(H,20,21)/t11-,15+/m0/s1. The average molecular weight is 341 g/mol. The van der Waals surface area contributed by atoms with E-state index in [2.05, 4.69) is 5.32 Å². The Hall–Kier alpha value is -1.12. The Balaban J connectivity index is 2.40. The van der Waals surface area contributed by atoms with E-state index in [1.54, 1.807) is 13.1 Å². The number of fused-ring (bicyclic) bond motifs is 1. The van der Waals surface area contributed by atoms with Crippen molar-refractivity contribution in [2.24, 2.45) is 11.7 Å². The molecule has 0 heterocycles. The van der Waals surface area contributed by atoms with Gasteiger partial charge in [-0.05, 0) is 54.9 Å². The molecule has 1 aromatic carbocycles. The first-order chi connectivity index (χ1) is 10.9. The highest BCUT2D eigenvalue weighted by Gasteiger charge is 2.51. The number of carboxylic acid groups (broad SMARTS) is 1. The molecule has 0 saturated carbocycles. The van der Waals surface area contributed by atoms with Crippen LogP contribution in [-0.2, 0) is 23.3 Å². The molecule has 8 heteroatoms. The number of rotatable bonds is 7. The largest absolute Gasteiger partial charge is 0.480 e. The lowest BCUT2D eigenvalue weighted by Gasteiger charge is -2.32. The van der Waals surface area contributed by atoms with Crippen molar-refractivity contribution in [1.29, 1.82) is 0 Å². The quantitative estimate of drug-likeness (QED) is 0.467. The third-order valence-corrected chi connectivity index (χ3v) is 5.09. The van der Waals surface area contributed by atoms with Gasteiger partial charge in [-0.25, -0.2) is 4.79 Å². The monoisotopic (exact) mass is 340 g/mol. The number of nitrogens with two attached hydrogens (primary N) is 1. The number of hydrogen-bond acceptors (Lipinski definition) is 5. The fourth-order valence-corrected chi connectivity index (χ4v) is 3.84. The van der Waals surface area contributed by atoms with Gasteiger partial charge in [-0.15, -0.1) is 0 Å². The van der Waals surface area contributed by atoms with E-state index < -0.39 is 18.6 Å². The van der Waals surface area contributed by atoms with Gasteiger partial charge in [0, 0.05) is 11.6 Å². The normalized spacial score (nSPS) is 22.9. The summed E-state index contributed by atoms with van der Waals surface area (Å²) in [5.41, 5.74) is 6.87. The molecule has 6 N–H and O–H groups in total. The van der Waals surface area contributed by atoms with Crippen molar-refractivity contribution >= 4 is 24.7 Å². The topological polar surface area (TPSA) is 116 Å². The number of carboxylic acids is 1. The maximum absolute atomic E-state index is 12.1. The van der Waals surface area contributed by atoms with Gasteiger partial charge in [0.25, 0.3) is 0 Å². The van der Waals surface area contributed by atoms with E-state index in [0.29, 0.717) is 36.4 Å². The molecule has 2 atom stereocenters. The highest BCUT2D eigenvalue weighted by atomic mass is 35.5. The molecule has 0 saturated heterocycles. The van der Waals surface area contributed by atoms with Crippen LogP contribution in [0, 0.1) is 5.92 Å². The van der Waals surface area contributed by atoms with E-state index in [9.17, 15) is 9.90 Å². The van der Waals surface area contributed by atoms with Crippen LogP contribution in [0.1, 0.15) is 29.5 Å². The van der Waals surface area contributed by atoms with E-state index in [4.69, 9.17) is 27.4 Å². The zero-order valence-corrected chi connectivity index (χ0v) is 13.8. The van der Waals surface area contributed by atoms with Crippen LogP contribution in [0.25, 0.3) is 0 Å². The van der Waals surface area contributed by atoms with Gasteiger partial charge >= 0.3 is 13.1 Å². The van der Waals surface area contributed by atoms with E-state index in [1.807, 2.05) is 6.07 Å². The van der Waals surface area contributed by atoms with Crippen LogP contribution in [0.4, 0.5) is 0 Å². The molecule has 0 aliphatic heterocycles. The van der Waals surface area contributed by atoms with E-state index in [1.165, 1.54) is 0 Å². The van der Waals surface area contributed by atoms with Crippen LogP contribution in [0.15, 0.2) is 12.1 Å². The number of hydrogen-bond donors (Lipinski definition) is 5. The summed E-state index contributed by atoms with van der Waals surface area (Å²) in [4.78, 5) is 12.1. The molecule has 0 amide bonds. The summed E-state index contributed by atoms with van der Waals surface area (Å²) in [6.45, 7) is 0.299. The maximum Gasteiger partial charge on any atom is 0.451 e. The minimum atomic E-state index is -1.37. The summed E-state index contributed by atoms with van der Waals surface area (Å²) in [6.07, 6.45) is 1.91. The second kappa shape index (κ2) is 7.19. The third kappa shape index (κ3) is 3.25. The lowest BCUT2D eigenvalue weighted by atomic mass is 9.77. The summed E-state index contributed by atoms with van der Waals surface area (Å²) in [7, 11) is 0.257. The summed E-state index contributed by atoms with van der Waals surface area (Å²) < 4.78 is 0. The molecule has 6 nitrogen and oxygen atoms in total. The van der Waals surface area contributed by atoms with Crippen molar-refractivity contribution < 1.29 is 19.9 Å².